The van der Waals surface area contributed by atoms with Gasteiger partial charge in [-0.05, 0) is 85.7 Å². The molecule has 0 aliphatic carbocycles. The minimum absolute atomic E-state index is 0.0413. The second kappa shape index (κ2) is 8.32. The van der Waals surface area contributed by atoms with E-state index in [0.717, 1.165) is 23.3 Å². The second-order valence-corrected chi connectivity index (χ2v) is 8.04. The highest BCUT2D eigenvalue weighted by Gasteiger charge is 2.35. The van der Waals surface area contributed by atoms with Gasteiger partial charge in [0.1, 0.15) is 5.57 Å². The predicted molar refractivity (Wildman–Crippen MR) is 123 cm³/mol. The number of halogens is 3. The van der Waals surface area contributed by atoms with E-state index in [-0.39, 0.29) is 16.4 Å². The van der Waals surface area contributed by atoms with E-state index >= 15 is 0 Å². The SMILES string of the molecule is Cc1cc(C)cc(N2C(=O)/C(=C/c3cccn3-c3cccc(C(F)(F)F)c3)C(=O)NC2=S)c1. The van der Waals surface area contributed by atoms with Crippen molar-refractivity contribution in [3.8, 4) is 5.69 Å². The molecule has 1 N–H and O–H groups in total. The van der Waals surface area contributed by atoms with Crippen LogP contribution in [0.1, 0.15) is 22.4 Å². The van der Waals surface area contributed by atoms with Gasteiger partial charge in [-0.2, -0.15) is 13.2 Å². The minimum atomic E-state index is -4.50. The van der Waals surface area contributed by atoms with Gasteiger partial charge in [-0.25, -0.2) is 0 Å². The lowest BCUT2D eigenvalue weighted by atomic mass is 10.1. The zero-order chi connectivity index (χ0) is 23.9. The fourth-order valence-electron chi connectivity index (χ4n) is 3.70. The summed E-state index contributed by atoms with van der Waals surface area (Å²) < 4.78 is 40.9. The van der Waals surface area contributed by atoms with Crippen molar-refractivity contribution < 1.29 is 22.8 Å². The molecule has 2 aromatic carbocycles. The van der Waals surface area contributed by atoms with Crippen molar-refractivity contribution in [2.24, 2.45) is 0 Å². The first-order valence-electron chi connectivity index (χ1n) is 9.89. The number of hydrogen-bond acceptors (Lipinski definition) is 3. The Bertz CT molecular complexity index is 1300. The van der Waals surface area contributed by atoms with Crippen molar-refractivity contribution in [2.45, 2.75) is 20.0 Å². The number of rotatable bonds is 3. The molecule has 0 bridgehead atoms. The molecule has 1 aliphatic rings. The number of aryl methyl sites for hydroxylation is 2. The van der Waals surface area contributed by atoms with Crippen LogP contribution in [0.2, 0.25) is 0 Å². The fourth-order valence-corrected chi connectivity index (χ4v) is 3.98. The normalized spacial score (nSPS) is 15.8. The van der Waals surface area contributed by atoms with Gasteiger partial charge in [0.2, 0.25) is 0 Å². The van der Waals surface area contributed by atoms with Crippen molar-refractivity contribution in [3.63, 3.8) is 0 Å². The summed E-state index contributed by atoms with van der Waals surface area (Å²) in [5, 5.41) is 2.48. The van der Waals surface area contributed by atoms with Gasteiger partial charge in [0.05, 0.1) is 11.3 Å². The van der Waals surface area contributed by atoms with E-state index in [1.807, 2.05) is 19.9 Å². The zero-order valence-corrected chi connectivity index (χ0v) is 18.4. The van der Waals surface area contributed by atoms with Crippen LogP contribution in [-0.2, 0) is 15.8 Å². The molecule has 0 saturated carbocycles. The molecule has 2 heterocycles. The number of thiocarbonyl (C=S) groups is 1. The average Bonchev–Trinajstić information content (AvgIpc) is 3.18. The van der Waals surface area contributed by atoms with Gasteiger partial charge in [0.25, 0.3) is 11.8 Å². The van der Waals surface area contributed by atoms with Crippen molar-refractivity contribution >= 4 is 40.9 Å². The van der Waals surface area contributed by atoms with Crippen LogP contribution in [0, 0.1) is 13.8 Å². The Labute approximate surface area is 193 Å². The topological polar surface area (TPSA) is 54.3 Å². The van der Waals surface area contributed by atoms with Crippen LogP contribution in [0.15, 0.2) is 66.4 Å². The molecule has 0 atom stereocenters. The van der Waals surface area contributed by atoms with Gasteiger partial charge in [-0.15, -0.1) is 0 Å². The maximum absolute atomic E-state index is 13.3. The lowest BCUT2D eigenvalue weighted by Crippen LogP contribution is -2.54. The maximum atomic E-state index is 13.3. The van der Waals surface area contributed by atoms with Gasteiger partial charge in [0, 0.05) is 17.6 Å². The van der Waals surface area contributed by atoms with Crippen LogP contribution >= 0.6 is 12.2 Å². The average molecular weight is 469 g/mol. The Hall–Kier alpha value is -3.72. The Morgan fingerprint density at radius 1 is 0.939 bits per heavy atom. The highest BCUT2D eigenvalue weighted by atomic mass is 32.1. The molecular formula is C24H18F3N3O2S. The number of hydrogen-bond donors (Lipinski definition) is 1. The third-order valence-electron chi connectivity index (χ3n) is 5.09. The maximum Gasteiger partial charge on any atom is 0.416 e. The third-order valence-corrected chi connectivity index (χ3v) is 5.38. The highest BCUT2D eigenvalue weighted by molar-refractivity contribution is 7.80. The summed E-state index contributed by atoms with van der Waals surface area (Å²) in [6.45, 7) is 3.76. The summed E-state index contributed by atoms with van der Waals surface area (Å²) in [4.78, 5) is 27.1. The Kier molecular flexibility index (Phi) is 5.67. The number of carbonyl (C=O) groups is 2. The van der Waals surface area contributed by atoms with Gasteiger partial charge >= 0.3 is 6.18 Å². The number of anilines is 1. The quantitative estimate of drug-likeness (QED) is 0.336. The molecule has 0 unspecified atom stereocenters. The summed E-state index contributed by atoms with van der Waals surface area (Å²) in [5.41, 5.74) is 1.97. The van der Waals surface area contributed by atoms with Gasteiger partial charge in [-0.1, -0.05) is 12.1 Å². The summed E-state index contributed by atoms with van der Waals surface area (Å²) >= 11 is 5.24. The summed E-state index contributed by atoms with van der Waals surface area (Å²) in [6.07, 6.45) is -1.60. The van der Waals surface area contributed by atoms with Crippen LogP contribution < -0.4 is 10.2 Å². The smallest absolute Gasteiger partial charge is 0.317 e. The van der Waals surface area contributed by atoms with Crippen molar-refractivity contribution in [3.05, 3.63) is 88.8 Å². The van der Waals surface area contributed by atoms with Crippen LogP contribution in [0.4, 0.5) is 18.9 Å². The summed E-state index contributed by atoms with van der Waals surface area (Å²) in [7, 11) is 0. The van der Waals surface area contributed by atoms with E-state index in [9.17, 15) is 22.8 Å². The number of aromatic nitrogens is 1. The first kappa shape index (κ1) is 22.5. The molecule has 1 aliphatic heterocycles. The van der Waals surface area contributed by atoms with Gasteiger partial charge in [0.15, 0.2) is 5.11 Å². The van der Waals surface area contributed by atoms with Crippen LogP contribution in [-0.4, -0.2) is 21.5 Å². The Morgan fingerprint density at radius 2 is 1.64 bits per heavy atom. The van der Waals surface area contributed by atoms with E-state index in [2.05, 4.69) is 5.32 Å². The van der Waals surface area contributed by atoms with E-state index in [4.69, 9.17) is 12.2 Å². The van der Waals surface area contributed by atoms with Crippen molar-refractivity contribution in [1.29, 1.82) is 0 Å². The zero-order valence-electron chi connectivity index (χ0n) is 17.6. The minimum Gasteiger partial charge on any atom is -0.317 e. The van der Waals surface area contributed by atoms with E-state index < -0.39 is 23.6 Å². The molecule has 1 fully saturated rings. The summed E-state index contributed by atoms with van der Waals surface area (Å²) in [5.74, 6) is -1.30. The first-order chi connectivity index (χ1) is 15.5. The van der Waals surface area contributed by atoms with Crippen LogP contribution in [0.5, 0.6) is 0 Å². The molecule has 168 valence electrons. The molecule has 33 heavy (non-hydrogen) atoms. The lowest BCUT2D eigenvalue weighted by molar-refractivity contribution is -0.137. The van der Waals surface area contributed by atoms with E-state index in [0.29, 0.717) is 11.4 Å². The standard InChI is InChI=1S/C24H18F3N3O2S/c1-14-9-15(2)11-19(10-14)30-22(32)20(21(31)28-23(30)33)13-18-7-4-8-29(18)17-6-3-5-16(12-17)24(25,26)27/h3-13H,1-2H3,(H,28,31,33)/b20-13+. The number of carbonyl (C=O) groups excluding carboxylic acids is 2. The van der Waals surface area contributed by atoms with Crippen molar-refractivity contribution in [1.82, 2.24) is 9.88 Å². The number of benzene rings is 2. The molecule has 9 heteroatoms. The van der Waals surface area contributed by atoms with E-state index in [1.165, 1.54) is 27.7 Å². The van der Waals surface area contributed by atoms with Gasteiger partial charge < -0.3 is 4.57 Å². The first-order valence-corrected chi connectivity index (χ1v) is 10.3. The monoisotopic (exact) mass is 469 g/mol. The number of nitrogens with zero attached hydrogens (tertiary/aromatic N) is 2. The molecule has 4 rings (SSSR count). The Balaban J connectivity index is 1.76. The summed E-state index contributed by atoms with van der Waals surface area (Å²) in [6, 6.07) is 13.5. The molecule has 1 aromatic heterocycles. The van der Waals surface area contributed by atoms with E-state index in [1.54, 1.807) is 30.5 Å². The third kappa shape index (κ3) is 4.45. The molecular weight excluding hydrogens is 451 g/mol. The lowest BCUT2D eigenvalue weighted by Gasteiger charge is -2.29. The number of nitrogens with one attached hydrogen (secondary N) is 1. The molecule has 0 radical (unpaired) electrons. The number of amides is 2. The number of alkyl halides is 3. The molecule has 5 nitrogen and oxygen atoms in total. The molecule has 0 spiro atoms. The molecule has 3 aromatic rings. The second-order valence-electron chi connectivity index (χ2n) is 7.65. The molecule has 2 amide bonds. The Morgan fingerprint density at radius 3 is 2.30 bits per heavy atom. The fraction of sp³-hybridized carbons (Fsp3) is 0.125. The van der Waals surface area contributed by atoms with Gasteiger partial charge in [-0.3, -0.25) is 19.8 Å². The highest BCUT2D eigenvalue weighted by Crippen LogP contribution is 2.31. The van der Waals surface area contributed by atoms with Crippen molar-refractivity contribution in [2.75, 3.05) is 4.90 Å². The predicted octanol–water partition coefficient (Wildman–Crippen LogP) is 4.94. The molecule has 1 saturated heterocycles. The largest absolute Gasteiger partial charge is 0.416 e. The van der Waals surface area contributed by atoms with Crippen LogP contribution in [0.3, 0.4) is 0 Å². The van der Waals surface area contributed by atoms with Crippen LogP contribution in [0.25, 0.3) is 11.8 Å².